The third-order valence-corrected chi connectivity index (χ3v) is 6.30. The Morgan fingerprint density at radius 3 is 1.96 bits per heavy atom. The van der Waals surface area contributed by atoms with Gasteiger partial charge in [-0.2, -0.15) is 0 Å². The lowest BCUT2D eigenvalue weighted by Gasteiger charge is -2.25. The van der Waals surface area contributed by atoms with Gasteiger partial charge in [0.05, 0.1) is 0 Å². The SMILES string of the molecule is O=c1ccccc(C2CCC(c3cccc(C4CCC4)c(O)c3=O)C2)c1O. The molecule has 2 aromatic carbocycles. The molecule has 0 saturated heterocycles. The van der Waals surface area contributed by atoms with Gasteiger partial charge in [0.25, 0.3) is 0 Å². The third kappa shape index (κ3) is 3.25. The molecule has 0 amide bonds. The zero-order valence-electron chi connectivity index (χ0n) is 15.2. The summed E-state index contributed by atoms with van der Waals surface area (Å²) in [5.41, 5.74) is 1.43. The molecule has 2 aliphatic rings. The minimum absolute atomic E-state index is 0.0232. The van der Waals surface area contributed by atoms with Crippen LogP contribution in [0.25, 0.3) is 0 Å². The normalized spacial score (nSPS) is 22.4. The fourth-order valence-electron chi connectivity index (χ4n) is 4.53. The number of hydrogen-bond donors (Lipinski definition) is 2. The maximum Gasteiger partial charge on any atom is 0.223 e. The van der Waals surface area contributed by atoms with E-state index in [0.717, 1.165) is 37.7 Å². The maximum atomic E-state index is 12.9. The Balaban J connectivity index is 1.65. The van der Waals surface area contributed by atoms with E-state index in [1.54, 1.807) is 18.2 Å². The summed E-state index contributed by atoms with van der Waals surface area (Å²) >= 11 is 0. The van der Waals surface area contributed by atoms with Crippen LogP contribution in [0.4, 0.5) is 0 Å². The van der Waals surface area contributed by atoms with Crippen LogP contribution < -0.4 is 10.9 Å². The number of aromatic hydroxyl groups is 2. The Bertz CT molecular complexity index is 978. The first kappa shape index (κ1) is 17.8. The minimum Gasteiger partial charge on any atom is -0.504 e. The second-order valence-corrected chi connectivity index (χ2v) is 7.84. The van der Waals surface area contributed by atoms with Crippen LogP contribution in [0.1, 0.15) is 73.0 Å². The van der Waals surface area contributed by atoms with Gasteiger partial charge in [-0.05, 0) is 55.9 Å². The molecule has 0 spiro atoms. The summed E-state index contributed by atoms with van der Waals surface area (Å²) in [5, 5.41) is 20.8. The molecule has 0 aliphatic heterocycles. The van der Waals surface area contributed by atoms with Gasteiger partial charge in [-0.1, -0.05) is 42.8 Å². The molecule has 27 heavy (non-hydrogen) atoms. The van der Waals surface area contributed by atoms with Crippen molar-refractivity contribution < 1.29 is 10.2 Å². The van der Waals surface area contributed by atoms with Crippen LogP contribution in [0.2, 0.25) is 0 Å². The van der Waals surface area contributed by atoms with Gasteiger partial charge < -0.3 is 10.2 Å². The van der Waals surface area contributed by atoms with Crippen molar-refractivity contribution in [1.82, 2.24) is 0 Å². The van der Waals surface area contributed by atoms with Crippen molar-refractivity contribution in [2.45, 2.75) is 56.3 Å². The van der Waals surface area contributed by atoms with Crippen molar-refractivity contribution in [3.05, 3.63) is 79.6 Å². The predicted octanol–water partition coefficient (Wildman–Crippen LogP) is 4.14. The maximum absolute atomic E-state index is 12.9. The summed E-state index contributed by atoms with van der Waals surface area (Å²) in [6.07, 6.45) is 5.49. The average Bonchev–Trinajstić information content (AvgIpc) is 2.97. The van der Waals surface area contributed by atoms with Crippen molar-refractivity contribution >= 4 is 0 Å². The Hall–Kier alpha value is -2.62. The first-order valence-corrected chi connectivity index (χ1v) is 9.74. The quantitative estimate of drug-likeness (QED) is 0.858. The molecule has 0 aromatic heterocycles. The molecule has 4 heteroatoms. The number of rotatable bonds is 3. The molecule has 2 aliphatic carbocycles. The highest BCUT2D eigenvalue weighted by molar-refractivity contribution is 5.40. The van der Waals surface area contributed by atoms with Gasteiger partial charge in [0.2, 0.25) is 10.9 Å². The van der Waals surface area contributed by atoms with E-state index in [-0.39, 0.29) is 34.2 Å². The molecule has 4 rings (SSSR count). The van der Waals surface area contributed by atoms with E-state index in [0.29, 0.717) is 23.5 Å². The van der Waals surface area contributed by atoms with E-state index < -0.39 is 0 Å². The van der Waals surface area contributed by atoms with Crippen LogP contribution in [0, 0.1) is 0 Å². The molecule has 140 valence electrons. The van der Waals surface area contributed by atoms with Crippen LogP contribution in [-0.2, 0) is 0 Å². The second-order valence-electron chi connectivity index (χ2n) is 7.84. The van der Waals surface area contributed by atoms with Crippen molar-refractivity contribution in [3.63, 3.8) is 0 Å². The van der Waals surface area contributed by atoms with Crippen LogP contribution in [-0.4, -0.2) is 10.2 Å². The van der Waals surface area contributed by atoms with Crippen molar-refractivity contribution in [1.29, 1.82) is 0 Å². The van der Waals surface area contributed by atoms with Gasteiger partial charge in [0, 0.05) is 16.7 Å². The molecule has 2 fully saturated rings. The van der Waals surface area contributed by atoms with E-state index >= 15 is 0 Å². The predicted molar refractivity (Wildman–Crippen MR) is 105 cm³/mol. The van der Waals surface area contributed by atoms with Crippen LogP contribution in [0.5, 0.6) is 11.5 Å². The number of hydrogen-bond acceptors (Lipinski definition) is 4. The Morgan fingerprint density at radius 1 is 0.667 bits per heavy atom. The largest absolute Gasteiger partial charge is 0.504 e. The Kier molecular flexibility index (Phi) is 4.73. The lowest BCUT2D eigenvalue weighted by molar-refractivity contribution is 0.391. The van der Waals surface area contributed by atoms with E-state index in [9.17, 15) is 19.8 Å². The monoisotopic (exact) mass is 364 g/mol. The molecule has 4 nitrogen and oxygen atoms in total. The van der Waals surface area contributed by atoms with Gasteiger partial charge >= 0.3 is 0 Å². The summed E-state index contributed by atoms with van der Waals surface area (Å²) in [6, 6.07) is 12.1. The topological polar surface area (TPSA) is 74.6 Å². The first-order chi connectivity index (χ1) is 13.1. The van der Waals surface area contributed by atoms with Crippen LogP contribution >= 0.6 is 0 Å². The third-order valence-electron chi connectivity index (χ3n) is 6.30. The van der Waals surface area contributed by atoms with Gasteiger partial charge in [0.15, 0.2) is 11.5 Å². The zero-order chi connectivity index (χ0) is 19.0. The van der Waals surface area contributed by atoms with Gasteiger partial charge in [-0.25, -0.2) is 0 Å². The molecule has 2 aromatic rings. The van der Waals surface area contributed by atoms with E-state index in [1.807, 2.05) is 18.2 Å². The average molecular weight is 364 g/mol. The van der Waals surface area contributed by atoms with Crippen molar-refractivity contribution in [2.24, 2.45) is 0 Å². The smallest absolute Gasteiger partial charge is 0.223 e. The van der Waals surface area contributed by atoms with E-state index in [2.05, 4.69) is 0 Å². The highest BCUT2D eigenvalue weighted by Crippen LogP contribution is 2.45. The molecular weight excluding hydrogens is 340 g/mol. The summed E-state index contributed by atoms with van der Waals surface area (Å²) < 4.78 is 0. The summed E-state index contributed by atoms with van der Waals surface area (Å²) in [6.45, 7) is 0. The molecule has 2 atom stereocenters. The van der Waals surface area contributed by atoms with E-state index in [1.165, 1.54) is 6.07 Å². The Labute approximate surface area is 158 Å². The standard InChI is InChI=1S/C23H24O4/c24-20-10-2-1-7-18(21(20)25)15-11-12-16(13-15)19-9-4-8-17(14-5-3-6-14)22(26)23(19)27/h1-2,4,7-10,14-16H,3,5-6,11-13H2,(H,24,25)(H,26,27). The molecule has 2 unspecified atom stereocenters. The summed E-state index contributed by atoms with van der Waals surface area (Å²) in [7, 11) is 0. The lowest BCUT2D eigenvalue weighted by Crippen LogP contribution is -2.13. The van der Waals surface area contributed by atoms with Crippen molar-refractivity contribution in [3.8, 4) is 11.5 Å². The fraction of sp³-hybridized carbons (Fsp3) is 0.391. The minimum atomic E-state index is -0.378. The fourth-order valence-corrected chi connectivity index (χ4v) is 4.53. The summed E-state index contributed by atoms with van der Waals surface area (Å²) in [4.78, 5) is 24.8. The van der Waals surface area contributed by atoms with Crippen LogP contribution in [0.3, 0.4) is 0 Å². The van der Waals surface area contributed by atoms with Gasteiger partial charge in [0.1, 0.15) is 0 Å². The first-order valence-electron chi connectivity index (χ1n) is 9.74. The van der Waals surface area contributed by atoms with Crippen molar-refractivity contribution in [2.75, 3.05) is 0 Å². The van der Waals surface area contributed by atoms with E-state index in [4.69, 9.17) is 0 Å². The molecule has 2 N–H and O–H groups in total. The zero-order valence-corrected chi connectivity index (χ0v) is 15.2. The molecular formula is C23H24O4. The lowest BCUT2D eigenvalue weighted by atomic mass is 9.80. The van der Waals surface area contributed by atoms with Gasteiger partial charge in [-0.15, -0.1) is 0 Å². The van der Waals surface area contributed by atoms with Gasteiger partial charge in [-0.3, -0.25) is 9.59 Å². The Morgan fingerprint density at radius 2 is 1.26 bits per heavy atom. The molecule has 0 heterocycles. The summed E-state index contributed by atoms with van der Waals surface area (Å²) in [5.74, 6) is 0.0648. The molecule has 2 saturated carbocycles. The molecule has 0 bridgehead atoms. The van der Waals surface area contributed by atoms with Crippen LogP contribution in [0.15, 0.2) is 52.1 Å². The second kappa shape index (κ2) is 7.18. The molecule has 0 radical (unpaired) electrons. The highest BCUT2D eigenvalue weighted by atomic mass is 16.3. The highest BCUT2D eigenvalue weighted by Gasteiger charge is 2.31.